The highest BCUT2D eigenvalue weighted by atomic mass is 32.2. The average molecular weight is 336 g/mol. The van der Waals surface area contributed by atoms with Crippen molar-refractivity contribution in [3.05, 3.63) is 16.1 Å². The minimum atomic E-state index is 0.341. The van der Waals surface area contributed by atoms with Crippen molar-refractivity contribution in [1.82, 2.24) is 20.5 Å². The second-order valence-corrected chi connectivity index (χ2v) is 6.62. The van der Waals surface area contributed by atoms with E-state index in [1.165, 1.54) is 0 Å². The van der Waals surface area contributed by atoms with E-state index in [-0.39, 0.29) is 0 Å². The number of nitriles is 1. The molecule has 22 heavy (non-hydrogen) atoms. The van der Waals surface area contributed by atoms with Crippen molar-refractivity contribution in [2.24, 2.45) is 4.99 Å². The Morgan fingerprint density at radius 2 is 2.36 bits per heavy atom. The predicted octanol–water partition coefficient (Wildman–Crippen LogP) is 1.09. The van der Waals surface area contributed by atoms with Gasteiger partial charge in [0.2, 0.25) is 12.2 Å². The summed E-state index contributed by atoms with van der Waals surface area (Å²) in [6.07, 6.45) is 6.89. The molecule has 118 valence electrons. The Labute approximate surface area is 140 Å². The van der Waals surface area contributed by atoms with E-state index in [0.29, 0.717) is 19.0 Å². The summed E-state index contributed by atoms with van der Waals surface area (Å²) in [4.78, 5) is 10.3. The molecule has 0 atom stereocenters. The summed E-state index contributed by atoms with van der Waals surface area (Å²) in [5.41, 5.74) is 1.11. The number of terminal acetylenes is 1. The minimum absolute atomic E-state index is 0.341. The molecule has 0 radical (unpaired) electrons. The number of rotatable bonds is 8. The molecule has 0 saturated carbocycles. The molecular formula is C14H20N6S2. The van der Waals surface area contributed by atoms with E-state index in [9.17, 15) is 0 Å². The molecule has 0 fully saturated rings. The second-order valence-electron chi connectivity index (χ2n) is 4.57. The Hall–Kier alpha value is -1.74. The molecule has 1 aromatic heterocycles. The van der Waals surface area contributed by atoms with Crippen LogP contribution < -0.4 is 10.6 Å². The number of nitrogens with zero attached hydrogens (tertiary/aromatic N) is 4. The van der Waals surface area contributed by atoms with Gasteiger partial charge in [-0.05, 0) is 14.1 Å². The molecule has 0 aliphatic carbocycles. The van der Waals surface area contributed by atoms with Crippen LogP contribution in [0.1, 0.15) is 10.7 Å². The van der Waals surface area contributed by atoms with Gasteiger partial charge in [0.15, 0.2) is 0 Å². The van der Waals surface area contributed by atoms with Gasteiger partial charge >= 0.3 is 0 Å². The van der Waals surface area contributed by atoms with Gasteiger partial charge in [-0.15, -0.1) is 22.8 Å². The maximum Gasteiger partial charge on any atom is 0.209 e. The fraction of sp³-hybridized carbons (Fsp3) is 0.500. The van der Waals surface area contributed by atoms with Gasteiger partial charge < -0.3 is 15.5 Å². The van der Waals surface area contributed by atoms with Gasteiger partial charge in [-0.1, -0.05) is 5.92 Å². The molecule has 1 rings (SSSR count). The largest absolute Gasteiger partial charge is 0.355 e. The molecule has 0 bridgehead atoms. The molecule has 0 aliphatic rings. The third kappa shape index (κ3) is 7.89. The Bertz CT molecular complexity index is 552. The van der Waals surface area contributed by atoms with Crippen LogP contribution >= 0.6 is 23.1 Å². The van der Waals surface area contributed by atoms with Crippen molar-refractivity contribution in [1.29, 1.82) is 5.26 Å². The Morgan fingerprint density at radius 1 is 1.55 bits per heavy atom. The van der Waals surface area contributed by atoms with Crippen LogP contribution in [0.25, 0.3) is 0 Å². The standard InChI is InChI=1S/C14H20N6S2/c1-4-5-16-14(18-11-15)17-6-7-21-9-12-10-22-13(19-12)8-20(2)3/h1,10H,5-9H2,2-3H3,(H2,16,17,18). The first kappa shape index (κ1) is 18.3. The first-order chi connectivity index (χ1) is 10.7. The molecule has 0 amide bonds. The zero-order valence-electron chi connectivity index (χ0n) is 12.8. The van der Waals surface area contributed by atoms with E-state index in [2.05, 4.69) is 36.8 Å². The van der Waals surface area contributed by atoms with E-state index in [4.69, 9.17) is 11.7 Å². The summed E-state index contributed by atoms with van der Waals surface area (Å²) >= 11 is 3.48. The van der Waals surface area contributed by atoms with Crippen molar-refractivity contribution in [2.75, 3.05) is 32.9 Å². The Balaban J connectivity index is 2.22. The van der Waals surface area contributed by atoms with Gasteiger partial charge in [-0.2, -0.15) is 17.0 Å². The Morgan fingerprint density at radius 3 is 3.05 bits per heavy atom. The van der Waals surface area contributed by atoms with Gasteiger partial charge in [0.05, 0.1) is 12.2 Å². The van der Waals surface area contributed by atoms with Crippen LogP contribution in [-0.4, -0.2) is 48.8 Å². The molecular weight excluding hydrogens is 316 g/mol. The summed E-state index contributed by atoms with van der Waals surface area (Å²) in [7, 11) is 4.08. The quantitative estimate of drug-likeness (QED) is 0.243. The monoisotopic (exact) mass is 336 g/mol. The highest BCUT2D eigenvalue weighted by Crippen LogP contribution is 2.16. The lowest BCUT2D eigenvalue weighted by molar-refractivity contribution is 0.401. The first-order valence-electron chi connectivity index (χ1n) is 6.69. The summed E-state index contributed by atoms with van der Waals surface area (Å²) < 4.78 is 0. The normalized spacial score (nSPS) is 11.0. The van der Waals surface area contributed by atoms with Gasteiger partial charge in [0.25, 0.3) is 0 Å². The van der Waals surface area contributed by atoms with Gasteiger partial charge in [-0.25, -0.2) is 4.98 Å². The minimum Gasteiger partial charge on any atom is -0.355 e. The molecule has 0 aliphatic heterocycles. The van der Waals surface area contributed by atoms with E-state index in [0.717, 1.165) is 28.8 Å². The van der Waals surface area contributed by atoms with E-state index in [1.54, 1.807) is 29.3 Å². The van der Waals surface area contributed by atoms with Crippen LogP contribution in [0.15, 0.2) is 10.4 Å². The van der Waals surface area contributed by atoms with Crippen LogP contribution in [0.5, 0.6) is 0 Å². The highest BCUT2D eigenvalue weighted by molar-refractivity contribution is 7.98. The number of thioether (sulfide) groups is 1. The second kappa shape index (κ2) is 10.9. The van der Waals surface area contributed by atoms with E-state index >= 15 is 0 Å². The lowest BCUT2D eigenvalue weighted by Gasteiger charge is -2.08. The summed E-state index contributed by atoms with van der Waals surface area (Å²) in [6, 6.07) is 0. The molecule has 8 heteroatoms. The van der Waals surface area contributed by atoms with Crippen LogP contribution in [0.3, 0.4) is 0 Å². The van der Waals surface area contributed by atoms with Crippen LogP contribution in [0, 0.1) is 23.8 Å². The van der Waals surface area contributed by atoms with Crippen molar-refractivity contribution in [3.8, 4) is 18.5 Å². The molecule has 0 aromatic carbocycles. The van der Waals surface area contributed by atoms with Gasteiger partial charge in [0.1, 0.15) is 5.01 Å². The van der Waals surface area contributed by atoms with Gasteiger partial charge in [-0.3, -0.25) is 0 Å². The number of thiazole rings is 1. The van der Waals surface area contributed by atoms with Crippen molar-refractivity contribution in [2.45, 2.75) is 12.3 Å². The van der Waals surface area contributed by atoms with Crippen LogP contribution in [0.2, 0.25) is 0 Å². The number of aromatic nitrogens is 1. The molecule has 2 N–H and O–H groups in total. The van der Waals surface area contributed by atoms with E-state index in [1.807, 2.05) is 14.1 Å². The molecule has 6 nitrogen and oxygen atoms in total. The topological polar surface area (TPSA) is 76.3 Å². The van der Waals surface area contributed by atoms with Crippen molar-refractivity contribution < 1.29 is 0 Å². The number of nitrogens with one attached hydrogen (secondary N) is 2. The molecule has 0 saturated heterocycles. The molecule has 0 unspecified atom stereocenters. The third-order valence-corrected chi connectivity index (χ3v) is 4.23. The lowest BCUT2D eigenvalue weighted by Crippen LogP contribution is -2.38. The summed E-state index contributed by atoms with van der Waals surface area (Å²) in [5, 5.41) is 17.7. The maximum absolute atomic E-state index is 8.57. The highest BCUT2D eigenvalue weighted by Gasteiger charge is 2.03. The molecule has 1 heterocycles. The zero-order chi connectivity index (χ0) is 16.2. The number of hydrogen-bond donors (Lipinski definition) is 2. The van der Waals surface area contributed by atoms with Crippen molar-refractivity contribution in [3.63, 3.8) is 0 Å². The third-order valence-electron chi connectivity index (χ3n) is 2.36. The SMILES string of the molecule is C#CCNC(=NC#N)NCCSCc1csc(CN(C)C)n1. The van der Waals surface area contributed by atoms with Crippen LogP contribution in [-0.2, 0) is 12.3 Å². The zero-order valence-corrected chi connectivity index (χ0v) is 14.4. The van der Waals surface area contributed by atoms with Gasteiger partial charge in [0, 0.05) is 30.0 Å². The smallest absolute Gasteiger partial charge is 0.209 e. The summed E-state index contributed by atoms with van der Waals surface area (Å²) in [5.74, 6) is 4.63. The number of guanidine groups is 1. The Kier molecular flexibility index (Phi) is 9.08. The average Bonchev–Trinajstić information content (AvgIpc) is 2.90. The lowest BCUT2D eigenvalue weighted by atomic mass is 10.5. The predicted molar refractivity (Wildman–Crippen MR) is 93.6 cm³/mol. The number of aliphatic imine (C=N–C) groups is 1. The fourth-order valence-corrected chi connectivity index (χ4v) is 3.27. The fourth-order valence-electron chi connectivity index (χ4n) is 1.50. The summed E-state index contributed by atoms with van der Waals surface area (Å²) in [6.45, 7) is 1.93. The number of hydrogen-bond acceptors (Lipinski definition) is 6. The van der Waals surface area contributed by atoms with Crippen LogP contribution in [0.4, 0.5) is 0 Å². The first-order valence-corrected chi connectivity index (χ1v) is 8.73. The molecule has 1 aromatic rings. The van der Waals surface area contributed by atoms with Crippen molar-refractivity contribution >= 4 is 29.1 Å². The maximum atomic E-state index is 8.57. The molecule has 0 spiro atoms. The van der Waals surface area contributed by atoms with E-state index < -0.39 is 0 Å².